The fraction of sp³-hybridized carbons (Fsp3) is 0.429. The summed E-state index contributed by atoms with van der Waals surface area (Å²) in [5.41, 5.74) is 2.23. The number of aryl methyl sites for hydroxylation is 3. The summed E-state index contributed by atoms with van der Waals surface area (Å²) in [6.45, 7) is 4.52. The molecule has 0 aliphatic rings. The van der Waals surface area contributed by atoms with Gasteiger partial charge in [0.05, 0.1) is 12.4 Å². The number of hydrogen-bond acceptors (Lipinski definition) is 4. The molecule has 0 aliphatic heterocycles. The molecule has 1 atom stereocenters. The Hall–Kier alpha value is -3.16. The third kappa shape index (κ3) is 3.87. The van der Waals surface area contributed by atoms with E-state index in [1.165, 1.54) is 17.2 Å². The Kier molecular flexibility index (Phi) is 5.72. The summed E-state index contributed by atoms with van der Waals surface area (Å²) in [6.07, 6.45) is 2.48. The van der Waals surface area contributed by atoms with Gasteiger partial charge in [-0.1, -0.05) is 29.8 Å². The predicted octanol–water partition coefficient (Wildman–Crippen LogP) is 1.74. The lowest BCUT2D eigenvalue weighted by Crippen LogP contribution is -2.37. The molecule has 8 nitrogen and oxygen atoms in total. The zero-order valence-corrected chi connectivity index (χ0v) is 17.5. The molecule has 3 aromatic rings. The molecule has 1 aromatic carbocycles. The molecule has 29 heavy (non-hydrogen) atoms. The van der Waals surface area contributed by atoms with Crippen LogP contribution in [0.25, 0.3) is 11.2 Å². The number of carbonyl (C=O) groups is 1. The van der Waals surface area contributed by atoms with Crippen LogP contribution in [0.1, 0.15) is 36.9 Å². The van der Waals surface area contributed by atoms with Crippen molar-refractivity contribution in [3.05, 3.63) is 62.6 Å². The van der Waals surface area contributed by atoms with Gasteiger partial charge in [-0.15, -0.1) is 0 Å². The Morgan fingerprint density at radius 1 is 1.14 bits per heavy atom. The van der Waals surface area contributed by atoms with Gasteiger partial charge in [0.1, 0.15) is 0 Å². The van der Waals surface area contributed by atoms with Crippen molar-refractivity contribution < 1.29 is 4.79 Å². The number of rotatable bonds is 6. The summed E-state index contributed by atoms with van der Waals surface area (Å²) in [5.74, 6) is 0.0443. The topological polar surface area (TPSA) is 82.1 Å². The van der Waals surface area contributed by atoms with Crippen LogP contribution in [0.4, 0.5) is 0 Å². The van der Waals surface area contributed by atoms with Gasteiger partial charge in [0, 0.05) is 34.1 Å². The number of aromatic nitrogens is 4. The van der Waals surface area contributed by atoms with Crippen LogP contribution in [0, 0.1) is 6.92 Å². The van der Waals surface area contributed by atoms with Crippen LogP contribution in [0.15, 0.2) is 40.2 Å². The average molecular weight is 397 g/mol. The highest BCUT2D eigenvalue weighted by Gasteiger charge is 2.18. The molecule has 0 bridgehead atoms. The van der Waals surface area contributed by atoms with Gasteiger partial charge in [-0.2, -0.15) is 0 Å². The van der Waals surface area contributed by atoms with Crippen LogP contribution >= 0.6 is 0 Å². The maximum absolute atomic E-state index is 12.6. The van der Waals surface area contributed by atoms with Crippen LogP contribution < -0.4 is 11.2 Å². The fourth-order valence-electron chi connectivity index (χ4n) is 3.43. The summed E-state index contributed by atoms with van der Waals surface area (Å²) in [5, 5.41) is 0. The summed E-state index contributed by atoms with van der Waals surface area (Å²) < 4.78 is 4.14. The zero-order valence-electron chi connectivity index (χ0n) is 17.5. The second kappa shape index (κ2) is 8.06. The van der Waals surface area contributed by atoms with E-state index in [1.54, 1.807) is 22.8 Å². The number of nitrogens with zero attached hydrogens (tertiary/aromatic N) is 5. The molecule has 0 spiro atoms. The molecule has 1 amide bonds. The Balaban J connectivity index is 1.68. The lowest BCUT2D eigenvalue weighted by atomic mass is 10.1. The molecule has 0 N–H and O–H groups in total. The molecule has 0 fully saturated rings. The number of fused-ring (bicyclic) bond motifs is 1. The van der Waals surface area contributed by atoms with Gasteiger partial charge in [-0.05, 0) is 25.8 Å². The van der Waals surface area contributed by atoms with Crippen molar-refractivity contribution >= 4 is 17.1 Å². The van der Waals surface area contributed by atoms with E-state index in [0.717, 1.165) is 10.1 Å². The SMILES string of the molecule is Cc1ccc(C(C)N(C)C(=O)CCCn2cnc3c2c(=O)n(C)c(=O)n3C)cc1. The molecule has 0 saturated heterocycles. The van der Waals surface area contributed by atoms with Gasteiger partial charge in [-0.25, -0.2) is 9.78 Å². The smallest absolute Gasteiger partial charge is 0.332 e. The van der Waals surface area contributed by atoms with Crippen molar-refractivity contribution in [1.82, 2.24) is 23.6 Å². The van der Waals surface area contributed by atoms with Crippen molar-refractivity contribution in [2.24, 2.45) is 14.1 Å². The number of benzene rings is 1. The Morgan fingerprint density at radius 2 is 1.79 bits per heavy atom. The molecular formula is C21H27N5O3. The van der Waals surface area contributed by atoms with Crippen LogP contribution in [0.5, 0.6) is 0 Å². The van der Waals surface area contributed by atoms with Crippen LogP contribution in [0.3, 0.4) is 0 Å². The van der Waals surface area contributed by atoms with Crippen molar-refractivity contribution in [1.29, 1.82) is 0 Å². The maximum Gasteiger partial charge on any atom is 0.332 e. The fourth-order valence-corrected chi connectivity index (χ4v) is 3.43. The molecule has 0 saturated carbocycles. The van der Waals surface area contributed by atoms with E-state index < -0.39 is 5.69 Å². The van der Waals surface area contributed by atoms with Gasteiger partial charge in [0.2, 0.25) is 5.91 Å². The van der Waals surface area contributed by atoms with E-state index in [-0.39, 0.29) is 17.5 Å². The first kappa shape index (κ1) is 20.6. The Labute approximate surface area is 169 Å². The molecule has 0 aliphatic carbocycles. The van der Waals surface area contributed by atoms with Gasteiger partial charge in [0.15, 0.2) is 11.2 Å². The normalized spacial score (nSPS) is 12.3. The lowest BCUT2D eigenvalue weighted by Gasteiger charge is -2.25. The molecule has 1 unspecified atom stereocenters. The van der Waals surface area contributed by atoms with E-state index in [0.29, 0.717) is 30.6 Å². The summed E-state index contributed by atoms with van der Waals surface area (Å²) >= 11 is 0. The molecule has 3 rings (SSSR count). The second-order valence-corrected chi connectivity index (χ2v) is 7.51. The first-order valence-corrected chi connectivity index (χ1v) is 9.65. The van der Waals surface area contributed by atoms with E-state index in [2.05, 4.69) is 4.98 Å². The molecule has 2 aromatic heterocycles. The molecule has 2 heterocycles. The molecule has 154 valence electrons. The van der Waals surface area contributed by atoms with Crippen LogP contribution in [-0.2, 0) is 25.4 Å². The Bertz CT molecular complexity index is 1150. The van der Waals surface area contributed by atoms with E-state index in [4.69, 9.17) is 0 Å². The van der Waals surface area contributed by atoms with Crippen molar-refractivity contribution in [2.45, 2.75) is 39.3 Å². The van der Waals surface area contributed by atoms with E-state index >= 15 is 0 Å². The predicted molar refractivity (Wildman–Crippen MR) is 112 cm³/mol. The van der Waals surface area contributed by atoms with Crippen LogP contribution in [0.2, 0.25) is 0 Å². The van der Waals surface area contributed by atoms with Crippen molar-refractivity contribution in [2.75, 3.05) is 7.05 Å². The largest absolute Gasteiger partial charge is 0.339 e. The second-order valence-electron chi connectivity index (χ2n) is 7.51. The number of amides is 1. The quantitative estimate of drug-likeness (QED) is 0.634. The number of hydrogen-bond donors (Lipinski definition) is 0. The summed E-state index contributed by atoms with van der Waals surface area (Å²) in [4.78, 5) is 43.1. The number of carbonyl (C=O) groups excluding carboxylic acids is 1. The monoisotopic (exact) mass is 397 g/mol. The Morgan fingerprint density at radius 3 is 2.45 bits per heavy atom. The highest BCUT2D eigenvalue weighted by Crippen LogP contribution is 2.20. The minimum atomic E-state index is -0.408. The standard InChI is InChI=1S/C21H27N5O3/c1-14-8-10-16(11-9-14)15(2)23(3)17(27)7-6-12-26-13-22-19-18(26)20(28)25(5)21(29)24(19)4/h8-11,13,15H,6-7,12H2,1-5H3. The zero-order chi connectivity index (χ0) is 21.3. The summed E-state index contributed by atoms with van der Waals surface area (Å²) in [6, 6.07) is 8.16. The first-order chi connectivity index (χ1) is 13.7. The highest BCUT2D eigenvalue weighted by molar-refractivity contribution is 5.76. The number of imidazole rings is 1. The van der Waals surface area contributed by atoms with E-state index in [9.17, 15) is 14.4 Å². The lowest BCUT2D eigenvalue weighted by molar-refractivity contribution is -0.131. The molecule has 8 heteroatoms. The van der Waals surface area contributed by atoms with Gasteiger partial charge >= 0.3 is 5.69 Å². The minimum Gasteiger partial charge on any atom is -0.339 e. The maximum atomic E-state index is 12.6. The van der Waals surface area contributed by atoms with Gasteiger partial charge < -0.3 is 9.47 Å². The average Bonchev–Trinajstić information content (AvgIpc) is 3.14. The minimum absolute atomic E-state index is 0.0148. The first-order valence-electron chi connectivity index (χ1n) is 9.65. The van der Waals surface area contributed by atoms with Crippen molar-refractivity contribution in [3.8, 4) is 0 Å². The van der Waals surface area contributed by atoms with E-state index in [1.807, 2.05) is 45.2 Å². The highest BCUT2D eigenvalue weighted by atomic mass is 16.2. The van der Waals surface area contributed by atoms with Gasteiger partial charge in [-0.3, -0.25) is 18.7 Å². The summed E-state index contributed by atoms with van der Waals surface area (Å²) in [7, 11) is 4.85. The third-order valence-corrected chi connectivity index (χ3v) is 5.54. The van der Waals surface area contributed by atoms with Gasteiger partial charge in [0.25, 0.3) is 5.56 Å². The molecule has 0 radical (unpaired) electrons. The third-order valence-electron chi connectivity index (χ3n) is 5.54. The van der Waals surface area contributed by atoms with Crippen molar-refractivity contribution in [3.63, 3.8) is 0 Å². The van der Waals surface area contributed by atoms with Crippen LogP contribution in [-0.4, -0.2) is 36.5 Å². The molecular weight excluding hydrogens is 370 g/mol.